The Labute approximate surface area is 121 Å². The summed E-state index contributed by atoms with van der Waals surface area (Å²) in [4.78, 5) is 2.25. The van der Waals surface area contributed by atoms with Crippen molar-refractivity contribution in [3.63, 3.8) is 0 Å². The molecular formula is C15H24ClNO2. The molecule has 0 saturated heterocycles. The van der Waals surface area contributed by atoms with Crippen LogP contribution in [0.5, 0.6) is 5.75 Å². The van der Waals surface area contributed by atoms with Gasteiger partial charge in [0.15, 0.2) is 0 Å². The summed E-state index contributed by atoms with van der Waals surface area (Å²) in [6.07, 6.45) is -0.500. The molecule has 0 fully saturated rings. The Bertz CT molecular complexity index is 357. The van der Waals surface area contributed by atoms with Crippen LogP contribution in [0, 0.1) is 0 Å². The monoisotopic (exact) mass is 285 g/mol. The van der Waals surface area contributed by atoms with Crippen LogP contribution in [0.25, 0.3) is 0 Å². The molecule has 1 aromatic carbocycles. The van der Waals surface area contributed by atoms with E-state index >= 15 is 0 Å². The smallest absolute Gasteiger partial charge is 0.119 e. The second kappa shape index (κ2) is 7.73. The molecule has 0 aromatic heterocycles. The van der Waals surface area contributed by atoms with Crippen molar-refractivity contribution >= 4 is 11.6 Å². The van der Waals surface area contributed by atoms with Gasteiger partial charge in [-0.05, 0) is 52.0 Å². The van der Waals surface area contributed by atoms with Crippen molar-refractivity contribution in [3.8, 4) is 5.75 Å². The first-order valence-corrected chi connectivity index (χ1v) is 7.10. The minimum Gasteiger partial charge on any atom is -0.491 e. The third-order valence-electron chi connectivity index (χ3n) is 3.00. The molecule has 0 aliphatic carbocycles. The highest BCUT2D eigenvalue weighted by Gasteiger charge is 2.17. The summed E-state index contributed by atoms with van der Waals surface area (Å²) in [7, 11) is 0. The summed E-state index contributed by atoms with van der Waals surface area (Å²) in [5.41, 5.74) is 0. The molecule has 1 aromatic rings. The molecule has 1 rings (SSSR count). The van der Waals surface area contributed by atoms with Crippen molar-refractivity contribution in [2.75, 3.05) is 13.2 Å². The molecule has 0 heterocycles. The van der Waals surface area contributed by atoms with E-state index in [-0.39, 0.29) is 6.61 Å². The number of benzene rings is 1. The highest BCUT2D eigenvalue weighted by Crippen LogP contribution is 2.16. The molecule has 108 valence electrons. The second-order valence-corrected chi connectivity index (χ2v) is 5.74. The maximum absolute atomic E-state index is 10.0. The summed E-state index contributed by atoms with van der Waals surface area (Å²) in [6, 6.07) is 7.97. The van der Waals surface area contributed by atoms with Crippen molar-refractivity contribution < 1.29 is 9.84 Å². The van der Waals surface area contributed by atoms with Gasteiger partial charge in [0.25, 0.3) is 0 Å². The van der Waals surface area contributed by atoms with Crippen LogP contribution in [0.1, 0.15) is 27.7 Å². The fraction of sp³-hybridized carbons (Fsp3) is 0.600. The summed E-state index contributed by atoms with van der Waals surface area (Å²) in [5, 5.41) is 10.7. The molecule has 0 bridgehead atoms. The number of ether oxygens (including phenoxy) is 1. The highest BCUT2D eigenvalue weighted by molar-refractivity contribution is 6.30. The predicted octanol–water partition coefficient (Wildman–Crippen LogP) is 3.20. The number of nitrogens with zero attached hydrogens (tertiary/aromatic N) is 1. The lowest BCUT2D eigenvalue weighted by atomic mass is 10.2. The number of rotatable bonds is 7. The van der Waals surface area contributed by atoms with E-state index in [4.69, 9.17) is 16.3 Å². The van der Waals surface area contributed by atoms with E-state index in [1.54, 1.807) is 24.3 Å². The third-order valence-corrected chi connectivity index (χ3v) is 3.26. The zero-order valence-electron chi connectivity index (χ0n) is 12.1. The average Bonchev–Trinajstić information content (AvgIpc) is 2.34. The van der Waals surface area contributed by atoms with Crippen LogP contribution in [0.4, 0.5) is 0 Å². The number of hydrogen-bond donors (Lipinski definition) is 1. The number of aliphatic hydroxyl groups is 1. The average molecular weight is 286 g/mol. The minimum absolute atomic E-state index is 0.289. The van der Waals surface area contributed by atoms with E-state index in [2.05, 4.69) is 32.6 Å². The molecule has 0 radical (unpaired) electrons. The molecule has 1 atom stereocenters. The first kappa shape index (κ1) is 16.3. The van der Waals surface area contributed by atoms with Gasteiger partial charge >= 0.3 is 0 Å². The van der Waals surface area contributed by atoms with E-state index in [0.29, 0.717) is 23.7 Å². The molecule has 0 saturated carbocycles. The quantitative estimate of drug-likeness (QED) is 0.835. The van der Waals surface area contributed by atoms with E-state index in [1.807, 2.05) is 0 Å². The Kier molecular flexibility index (Phi) is 6.63. The van der Waals surface area contributed by atoms with Gasteiger partial charge in [0.1, 0.15) is 18.5 Å². The lowest BCUT2D eigenvalue weighted by Crippen LogP contribution is -2.43. The molecule has 1 unspecified atom stereocenters. The van der Waals surface area contributed by atoms with Gasteiger partial charge in [0.05, 0.1) is 0 Å². The molecule has 0 aliphatic heterocycles. The fourth-order valence-electron chi connectivity index (χ4n) is 2.04. The van der Waals surface area contributed by atoms with Gasteiger partial charge in [-0.3, -0.25) is 4.90 Å². The predicted molar refractivity (Wildman–Crippen MR) is 79.9 cm³/mol. The van der Waals surface area contributed by atoms with Crippen molar-refractivity contribution in [1.82, 2.24) is 4.90 Å². The van der Waals surface area contributed by atoms with Crippen molar-refractivity contribution in [2.45, 2.75) is 45.9 Å². The van der Waals surface area contributed by atoms with Gasteiger partial charge in [-0.25, -0.2) is 0 Å². The summed E-state index contributed by atoms with van der Waals surface area (Å²) in [6.45, 7) is 9.43. The first-order valence-electron chi connectivity index (χ1n) is 6.72. The SMILES string of the molecule is CC(C)N(CC(O)COc1ccc(Cl)cc1)C(C)C. The van der Waals surface area contributed by atoms with E-state index in [9.17, 15) is 5.11 Å². The molecule has 19 heavy (non-hydrogen) atoms. The van der Waals surface area contributed by atoms with Crippen LogP contribution in [0.2, 0.25) is 5.02 Å². The van der Waals surface area contributed by atoms with Gasteiger partial charge < -0.3 is 9.84 Å². The number of halogens is 1. The molecule has 0 amide bonds. The van der Waals surface area contributed by atoms with E-state index in [0.717, 1.165) is 5.75 Å². The third kappa shape index (κ3) is 5.81. The first-order chi connectivity index (χ1) is 8.90. The number of hydrogen-bond acceptors (Lipinski definition) is 3. The normalized spacial score (nSPS) is 13.3. The molecular weight excluding hydrogens is 262 g/mol. The summed E-state index contributed by atoms with van der Waals surface area (Å²) >= 11 is 5.80. The standard InChI is InChI=1S/C15H24ClNO2/c1-11(2)17(12(3)4)9-14(18)10-19-15-7-5-13(16)6-8-15/h5-8,11-12,14,18H,9-10H2,1-4H3. The van der Waals surface area contributed by atoms with Crippen LogP contribution in [0.15, 0.2) is 24.3 Å². The maximum atomic E-state index is 10.0. The van der Waals surface area contributed by atoms with Gasteiger partial charge in [-0.2, -0.15) is 0 Å². The fourth-order valence-corrected chi connectivity index (χ4v) is 2.16. The molecule has 0 spiro atoms. The van der Waals surface area contributed by atoms with Crippen molar-refractivity contribution in [1.29, 1.82) is 0 Å². The molecule has 4 heteroatoms. The van der Waals surface area contributed by atoms with Crippen LogP contribution in [-0.4, -0.2) is 41.3 Å². The Hall–Kier alpha value is -0.770. The Balaban J connectivity index is 2.42. The summed E-state index contributed by atoms with van der Waals surface area (Å²) < 4.78 is 5.55. The van der Waals surface area contributed by atoms with Crippen LogP contribution >= 0.6 is 11.6 Å². The number of aliphatic hydroxyl groups excluding tert-OH is 1. The van der Waals surface area contributed by atoms with E-state index < -0.39 is 6.10 Å². The highest BCUT2D eigenvalue weighted by atomic mass is 35.5. The van der Waals surface area contributed by atoms with Crippen molar-refractivity contribution in [2.24, 2.45) is 0 Å². The van der Waals surface area contributed by atoms with Gasteiger partial charge in [0, 0.05) is 23.7 Å². The molecule has 1 N–H and O–H groups in total. The second-order valence-electron chi connectivity index (χ2n) is 5.30. The Morgan fingerprint density at radius 2 is 1.63 bits per heavy atom. The van der Waals surface area contributed by atoms with E-state index in [1.165, 1.54) is 0 Å². The zero-order chi connectivity index (χ0) is 14.4. The lowest BCUT2D eigenvalue weighted by molar-refractivity contribution is 0.0445. The molecule has 0 aliphatic rings. The largest absolute Gasteiger partial charge is 0.491 e. The Morgan fingerprint density at radius 1 is 1.11 bits per heavy atom. The minimum atomic E-state index is -0.500. The lowest BCUT2D eigenvalue weighted by Gasteiger charge is -2.32. The van der Waals surface area contributed by atoms with Crippen molar-refractivity contribution in [3.05, 3.63) is 29.3 Å². The maximum Gasteiger partial charge on any atom is 0.119 e. The van der Waals surface area contributed by atoms with Gasteiger partial charge in [-0.1, -0.05) is 11.6 Å². The van der Waals surface area contributed by atoms with Gasteiger partial charge in [-0.15, -0.1) is 0 Å². The van der Waals surface area contributed by atoms with Crippen LogP contribution in [-0.2, 0) is 0 Å². The zero-order valence-corrected chi connectivity index (χ0v) is 12.9. The van der Waals surface area contributed by atoms with Crippen LogP contribution < -0.4 is 4.74 Å². The summed E-state index contributed by atoms with van der Waals surface area (Å²) in [5.74, 6) is 0.726. The molecule has 3 nitrogen and oxygen atoms in total. The van der Waals surface area contributed by atoms with Crippen LogP contribution in [0.3, 0.4) is 0 Å². The Morgan fingerprint density at radius 3 is 2.11 bits per heavy atom. The topological polar surface area (TPSA) is 32.7 Å². The van der Waals surface area contributed by atoms with Gasteiger partial charge in [0.2, 0.25) is 0 Å².